The molecule has 1 amide bonds. The second kappa shape index (κ2) is 9.19. The number of sulfonamides is 1. The highest BCUT2D eigenvalue weighted by Crippen LogP contribution is 2.26. The van der Waals surface area contributed by atoms with E-state index in [0.29, 0.717) is 25.1 Å². The number of hydrogen-bond donors (Lipinski definition) is 1. The Morgan fingerprint density at radius 2 is 1.79 bits per heavy atom. The number of anilines is 1. The van der Waals surface area contributed by atoms with Gasteiger partial charge in [0.05, 0.1) is 11.9 Å². The standard InChI is InChI=1S/C21H27FN2O3S/c1-15-7-8-16(2)20(14-15)24(28(4,26)27)17(3)21(25)23-13-5-6-18-9-11-19(22)12-10-18/h7-12,14,17H,5-6,13H2,1-4H3,(H,23,25)/t17-/m0/s1. The molecule has 0 fully saturated rings. The van der Waals surface area contributed by atoms with E-state index in [9.17, 15) is 17.6 Å². The quantitative estimate of drug-likeness (QED) is 0.684. The lowest BCUT2D eigenvalue weighted by atomic mass is 10.1. The summed E-state index contributed by atoms with van der Waals surface area (Å²) < 4.78 is 38.9. The first-order valence-corrected chi connectivity index (χ1v) is 11.0. The van der Waals surface area contributed by atoms with E-state index >= 15 is 0 Å². The van der Waals surface area contributed by atoms with Crippen LogP contribution < -0.4 is 9.62 Å². The molecule has 5 nitrogen and oxygen atoms in total. The molecule has 2 rings (SSSR count). The third-order valence-corrected chi connectivity index (χ3v) is 5.77. The summed E-state index contributed by atoms with van der Waals surface area (Å²) in [4.78, 5) is 12.6. The number of rotatable bonds is 8. The third-order valence-electron chi connectivity index (χ3n) is 4.55. The Kier molecular flexibility index (Phi) is 7.18. The summed E-state index contributed by atoms with van der Waals surface area (Å²) in [7, 11) is -3.64. The van der Waals surface area contributed by atoms with E-state index in [0.717, 1.165) is 22.9 Å². The largest absolute Gasteiger partial charge is 0.354 e. The Bertz CT molecular complexity index is 927. The Morgan fingerprint density at radius 3 is 2.39 bits per heavy atom. The van der Waals surface area contributed by atoms with Gasteiger partial charge in [-0.25, -0.2) is 12.8 Å². The molecule has 2 aromatic rings. The molecule has 0 aliphatic carbocycles. The summed E-state index contributed by atoms with van der Waals surface area (Å²) in [6.07, 6.45) is 2.47. The van der Waals surface area contributed by atoms with Crippen molar-refractivity contribution in [3.8, 4) is 0 Å². The molecule has 7 heteroatoms. The van der Waals surface area contributed by atoms with Gasteiger partial charge in [0, 0.05) is 6.54 Å². The summed E-state index contributed by atoms with van der Waals surface area (Å²) in [5, 5.41) is 2.80. The molecule has 2 aromatic carbocycles. The van der Waals surface area contributed by atoms with Crippen LogP contribution in [0.4, 0.5) is 10.1 Å². The number of carbonyl (C=O) groups is 1. The van der Waals surface area contributed by atoms with Crippen molar-refractivity contribution < 1.29 is 17.6 Å². The summed E-state index contributed by atoms with van der Waals surface area (Å²) in [5.41, 5.74) is 3.20. The lowest BCUT2D eigenvalue weighted by molar-refractivity contribution is -0.121. The summed E-state index contributed by atoms with van der Waals surface area (Å²) in [5.74, 6) is -0.636. The second-order valence-electron chi connectivity index (χ2n) is 7.05. The molecule has 0 saturated carbocycles. The zero-order valence-electron chi connectivity index (χ0n) is 16.7. The van der Waals surface area contributed by atoms with E-state index in [1.807, 2.05) is 26.0 Å². The molecule has 0 bridgehead atoms. The predicted molar refractivity (Wildman–Crippen MR) is 110 cm³/mol. The van der Waals surface area contributed by atoms with Gasteiger partial charge in [0.25, 0.3) is 0 Å². The van der Waals surface area contributed by atoms with Crippen molar-refractivity contribution in [3.05, 3.63) is 65.0 Å². The molecule has 0 saturated heterocycles. The van der Waals surface area contributed by atoms with Crippen molar-refractivity contribution in [1.82, 2.24) is 5.32 Å². The van der Waals surface area contributed by atoms with Crippen LogP contribution in [0.2, 0.25) is 0 Å². The average molecular weight is 407 g/mol. The minimum Gasteiger partial charge on any atom is -0.354 e. The van der Waals surface area contributed by atoms with Crippen LogP contribution in [0.3, 0.4) is 0 Å². The highest BCUT2D eigenvalue weighted by atomic mass is 32.2. The van der Waals surface area contributed by atoms with Gasteiger partial charge in [-0.1, -0.05) is 24.3 Å². The van der Waals surface area contributed by atoms with Crippen molar-refractivity contribution in [3.63, 3.8) is 0 Å². The fourth-order valence-electron chi connectivity index (χ4n) is 3.04. The first kappa shape index (κ1) is 21.9. The first-order chi connectivity index (χ1) is 13.1. The maximum Gasteiger partial charge on any atom is 0.243 e. The molecule has 0 aromatic heterocycles. The van der Waals surface area contributed by atoms with Crippen LogP contribution >= 0.6 is 0 Å². The van der Waals surface area contributed by atoms with Crippen LogP contribution in [0.25, 0.3) is 0 Å². The van der Waals surface area contributed by atoms with E-state index in [2.05, 4.69) is 5.32 Å². The molecule has 1 N–H and O–H groups in total. The normalized spacial score (nSPS) is 12.5. The first-order valence-electron chi connectivity index (χ1n) is 9.18. The summed E-state index contributed by atoms with van der Waals surface area (Å²) in [6.45, 7) is 5.69. The van der Waals surface area contributed by atoms with Crippen LogP contribution in [0.5, 0.6) is 0 Å². The van der Waals surface area contributed by atoms with Crippen molar-refractivity contribution in [1.29, 1.82) is 0 Å². The predicted octanol–water partition coefficient (Wildman–Crippen LogP) is 3.35. The van der Waals surface area contributed by atoms with Crippen LogP contribution in [-0.2, 0) is 21.2 Å². The lowest BCUT2D eigenvalue weighted by Gasteiger charge is -2.29. The van der Waals surface area contributed by atoms with Crippen LogP contribution in [0.1, 0.15) is 30.0 Å². The van der Waals surface area contributed by atoms with Crippen LogP contribution in [0, 0.1) is 19.7 Å². The molecule has 0 heterocycles. The van der Waals surface area contributed by atoms with Crippen LogP contribution in [0.15, 0.2) is 42.5 Å². The number of amides is 1. The fourth-order valence-corrected chi connectivity index (χ4v) is 4.26. The Morgan fingerprint density at radius 1 is 1.14 bits per heavy atom. The number of hydrogen-bond acceptors (Lipinski definition) is 3. The Labute approximate surface area is 166 Å². The van der Waals surface area contributed by atoms with Gasteiger partial charge >= 0.3 is 0 Å². The van der Waals surface area contributed by atoms with Crippen molar-refractivity contribution in [2.45, 2.75) is 39.7 Å². The van der Waals surface area contributed by atoms with Crippen molar-refractivity contribution in [2.75, 3.05) is 17.1 Å². The Hall–Kier alpha value is -2.41. The zero-order chi connectivity index (χ0) is 20.9. The van der Waals surface area contributed by atoms with Gasteiger partial charge in [-0.05, 0) is 68.5 Å². The monoisotopic (exact) mass is 406 g/mol. The SMILES string of the molecule is Cc1ccc(C)c(N([C@@H](C)C(=O)NCCCc2ccc(F)cc2)S(C)(=O)=O)c1. The lowest BCUT2D eigenvalue weighted by Crippen LogP contribution is -2.48. The summed E-state index contributed by atoms with van der Waals surface area (Å²) in [6, 6.07) is 10.9. The number of halogens is 1. The van der Waals surface area contributed by atoms with Gasteiger partial charge in [0.1, 0.15) is 11.9 Å². The molecule has 0 radical (unpaired) electrons. The van der Waals surface area contributed by atoms with E-state index < -0.39 is 16.1 Å². The number of carbonyl (C=O) groups excluding carboxylic acids is 1. The molecule has 0 spiro atoms. The molecular formula is C21H27FN2O3S. The van der Waals surface area contributed by atoms with Crippen molar-refractivity contribution in [2.24, 2.45) is 0 Å². The van der Waals surface area contributed by atoms with Crippen LogP contribution in [-0.4, -0.2) is 33.2 Å². The maximum atomic E-state index is 12.9. The fraction of sp³-hybridized carbons (Fsp3) is 0.381. The molecule has 0 aliphatic heterocycles. The highest BCUT2D eigenvalue weighted by molar-refractivity contribution is 7.92. The molecular weight excluding hydrogens is 379 g/mol. The van der Waals surface area contributed by atoms with Crippen molar-refractivity contribution >= 4 is 21.6 Å². The van der Waals surface area contributed by atoms with E-state index in [1.54, 1.807) is 25.1 Å². The van der Waals surface area contributed by atoms with E-state index in [-0.39, 0.29) is 11.7 Å². The van der Waals surface area contributed by atoms with Gasteiger partial charge in [-0.3, -0.25) is 9.10 Å². The highest BCUT2D eigenvalue weighted by Gasteiger charge is 2.29. The Balaban J connectivity index is 2.03. The zero-order valence-corrected chi connectivity index (χ0v) is 17.5. The molecule has 1 atom stereocenters. The maximum absolute atomic E-state index is 12.9. The van der Waals surface area contributed by atoms with Gasteiger partial charge in [0.2, 0.25) is 15.9 Å². The topological polar surface area (TPSA) is 66.5 Å². The molecule has 28 heavy (non-hydrogen) atoms. The minimum atomic E-state index is -3.64. The number of aryl methyl sites for hydroxylation is 3. The van der Waals surface area contributed by atoms with Gasteiger partial charge < -0.3 is 5.32 Å². The van der Waals surface area contributed by atoms with E-state index in [1.165, 1.54) is 16.4 Å². The summed E-state index contributed by atoms with van der Waals surface area (Å²) >= 11 is 0. The number of benzene rings is 2. The average Bonchev–Trinajstić information content (AvgIpc) is 2.62. The molecule has 0 aliphatic rings. The number of nitrogens with zero attached hydrogens (tertiary/aromatic N) is 1. The third kappa shape index (κ3) is 5.79. The number of nitrogens with one attached hydrogen (secondary N) is 1. The van der Waals surface area contributed by atoms with Gasteiger partial charge in [-0.2, -0.15) is 0 Å². The van der Waals surface area contributed by atoms with E-state index in [4.69, 9.17) is 0 Å². The molecule has 0 unspecified atom stereocenters. The van der Waals surface area contributed by atoms with Gasteiger partial charge in [-0.15, -0.1) is 0 Å². The van der Waals surface area contributed by atoms with Gasteiger partial charge in [0.15, 0.2) is 0 Å². The smallest absolute Gasteiger partial charge is 0.243 e. The minimum absolute atomic E-state index is 0.279. The molecule has 152 valence electrons. The second-order valence-corrected chi connectivity index (χ2v) is 8.91.